The number of halogens is 2. The summed E-state index contributed by atoms with van der Waals surface area (Å²) < 4.78 is 16.2. The molecule has 0 aliphatic carbocycles. The van der Waals surface area contributed by atoms with E-state index >= 15 is 0 Å². The minimum atomic E-state index is -0.235. The fraction of sp³-hybridized carbons (Fsp3) is 0.125. The van der Waals surface area contributed by atoms with Gasteiger partial charge in [-0.1, -0.05) is 24.3 Å². The predicted octanol–water partition coefficient (Wildman–Crippen LogP) is 4.05. The molecule has 20 heavy (non-hydrogen) atoms. The average Bonchev–Trinajstić information content (AvgIpc) is 2.87. The van der Waals surface area contributed by atoms with Crippen LogP contribution in [0, 0.1) is 5.82 Å². The van der Waals surface area contributed by atoms with Crippen LogP contribution in [0.15, 0.2) is 53.1 Å². The standard InChI is InChI=1S/C16H14BrFN2/c17-16-12(4-1-5-14(16)18)10-20-8-7-13-11(9-19)3-2-6-15(13)20/h1-8H,9-10,19H2. The molecule has 0 atom stereocenters. The lowest BCUT2D eigenvalue weighted by Crippen LogP contribution is -2.01. The topological polar surface area (TPSA) is 30.9 Å². The minimum Gasteiger partial charge on any atom is -0.343 e. The maximum atomic E-state index is 13.6. The van der Waals surface area contributed by atoms with Crippen LogP contribution >= 0.6 is 15.9 Å². The van der Waals surface area contributed by atoms with Crippen LogP contribution in [0.1, 0.15) is 11.1 Å². The maximum Gasteiger partial charge on any atom is 0.137 e. The van der Waals surface area contributed by atoms with Crippen LogP contribution in [-0.4, -0.2) is 4.57 Å². The van der Waals surface area contributed by atoms with Crippen LogP contribution in [-0.2, 0) is 13.1 Å². The summed E-state index contributed by atoms with van der Waals surface area (Å²) >= 11 is 3.31. The second kappa shape index (κ2) is 5.38. The molecule has 4 heteroatoms. The smallest absolute Gasteiger partial charge is 0.137 e. The van der Waals surface area contributed by atoms with Crippen molar-refractivity contribution in [3.63, 3.8) is 0 Å². The van der Waals surface area contributed by atoms with Gasteiger partial charge in [-0.2, -0.15) is 0 Å². The Morgan fingerprint density at radius 1 is 1.05 bits per heavy atom. The molecule has 0 aliphatic heterocycles. The lowest BCUT2D eigenvalue weighted by atomic mass is 10.1. The summed E-state index contributed by atoms with van der Waals surface area (Å²) in [4.78, 5) is 0. The van der Waals surface area contributed by atoms with Gasteiger partial charge in [0.2, 0.25) is 0 Å². The summed E-state index contributed by atoms with van der Waals surface area (Å²) in [6.45, 7) is 1.14. The molecule has 0 saturated carbocycles. The summed E-state index contributed by atoms with van der Waals surface area (Å²) in [6, 6.07) is 13.3. The van der Waals surface area contributed by atoms with Gasteiger partial charge in [-0.25, -0.2) is 4.39 Å². The van der Waals surface area contributed by atoms with E-state index in [1.54, 1.807) is 6.07 Å². The zero-order valence-corrected chi connectivity index (χ0v) is 12.4. The molecule has 0 amide bonds. The van der Waals surface area contributed by atoms with Crippen molar-refractivity contribution in [2.24, 2.45) is 5.73 Å². The van der Waals surface area contributed by atoms with Crippen molar-refractivity contribution < 1.29 is 4.39 Å². The van der Waals surface area contributed by atoms with E-state index in [2.05, 4.69) is 32.6 Å². The van der Waals surface area contributed by atoms with Crippen molar-refractivity contribution in [3.8, 4) is 0 Å². The van der Waals surface area contributed by atoms with Crippen LogP contribution in [0.25, 0.3) is 10.9 Å². The quantitative estimate of drug-likeness (QED) is 0.770. The highest BCUT2D eigenvalue weighted by Gasteiger charge is 2.08. The van der Waals surface area contributed by atoms with E-state index in [0.29, 0.717) is 17.6 Å². The summed E-state index contributed by atoms with van der Waals surface area (Å²) in [5, 5.41) is 1.16. The van der Waals surface area contributed by atoms with Crippen LogP contribution in [0.5, 0.6) is 0 Å². The highest BCUT2D eigenvalue weighted by molar-refractivity contribution is 9.10. The molecule has 1 heterocycles. The minimum absolute atomic E-state index is 0.235. The third-order valence-corrected chi connectivity index (χ3v) is 4.38. The normalized spacial score (nSPS) is 11.2. The Bertz CT molecular complexity index is 764. The van der Waals surface area contributed by atoms with Gasteiger partial charge in [-0.15, -0.1) is 0 Å². The Labute approximate surface area is 125 Å². The average molecular weight is 333 g/mol. The molecule has 0 unspecified atom stereocenters. The lowest BCUT2D eigenvalue weighted by molar-refractivity contribution is 0.616. The van der Waals surface area contributed by atoms with Crippen molar-refractivity contribution in [1.82, 2.24) is 4.57 Å². The molecule has 2 nitrogen and oxygen atoms in total. The number of rotatable bonds is 3. The van der Waals surface area contributed by atoms with E-state index in [-0.39, 0.29) is 5.82 Å². The van der Waals surface area contributed by atoms with Gasteiger partial charge in [0, 0.05) is 30.2 Å². The molecule has 0 bridgehead atoms. The highest BCUT2D eigenvalue weighted by Crippen LogP contribution is 2.25. The van der Waals surface area contributed by atoms with Crippen LogP contribution < -0.4 is 5.73 Å². The van der Waals surface area contributed by atoms with Crippen LogP contribution in [0.4, 0.5) is 4.39 Å². The molecular formula is C16H14BrFN2. The first kappa shape index (κ1) is 13.3. The van der Waals surface area contributed by atoms with E-state index in [0.717, 1.165) is 22.0 Å². The number of benzene rings is 2. The van der Waals surface area contributed by atoms with Gasteiger partial charge in [0.15, 0.2) is 0 Å². The van der Waals surface area contributed by atoms with Gasteiger partial charge in [-0.05, 0) is 45.3 Å². The van der Waals surface area contributed by atoms with Gasteiger partial charge in [-0.3, -0.25) is 0 Å². The van der Waals surface area contributed by atoms with Crippen LogP contribution in [0.3, 0.4) is 0 Å². The Morgan fingerprint density at radius 3 is 2.60 bits per heavy atom. The molecule has 0 fully saturated rings. The third kappa shape index (κ3) is 2.25. The van der Waals surface area contributed by atoms with E-state index in [9.17, 15) is 4.39 Å². The molecule has 0 saturated heterocycles. The Kier molecular flexibility index (Phi) is 3.59. The van der Waals surface area contributed by atoms with Gasteiger partial charge in [0.1, 0.15) is 5.82 Å². The summed E-state index contributed by atoms with van der Waals surface area (Å²) in [7, 11) is 0. The van der Waals surface area contributed by atoms with Crippen molar-refractivity contribution in [2.45, 2.75) is 13.1 Å². The first-order chi connectivity index (χ1) is 9.70. The van der Waals surface area contributed by atoms with Gasteiger partial charge >= 0.3 is 0 Å². The maximum absolute atomic E-state index is 13.6. The number of nitrogens with zero attached hydrogens (tertiary/aromatic N) is 1. The molecule has 2 N–H and O–H groups in total. The molecule has 3 rings (SSSR count). The molecule has 1 aromatic heterocycles. The molecule has 3 aromatic rings. The van der Waals surface area contributed by atoms with Gasteiger partial charge < -0.3 is 10.3 Å². The Balaban J connectivity index is 2.05. The fourth-order valence-corrected chi connectivity index (χ4v) is 2.85. The second-order valence-corrected chi connectivity index (χ2v) is 5.50. The fourth-order valence-electron chi connectivity index (χ4n) is 2.46. The van der Waals surface area contributed by atoms with E-state index in [1.807, 2.05) is 24.4 Å². The monoisotopic (exact) mass is 332 g/mol. The largest absolute Gasteiger partial charge is 0.343 e. The third-order valence-electron chi connectivity index (χ3n) is 3.50. The van der Waals surface area contributed by atoms with Crippen molar-refractivity contribution in [1.29, 1.82) is 0 Å². The number of fused-ring (bicyclic) bond motifs is 1. The zero-order chi connectivity index (χ0) is 14.1. The Hall–Kier alpha value is -1.65. The first-order valence-electron chi connectivity index (χ1n) is 6.40. The number of aromatic nitrogens is 1. The van der Waals surface area contributed by atoms with Crippen molar-refractivity contribution in [3.05, 3.63) is 70.1 Å². The lowest BCUT2D eigenvalue weighted by Gasteiger charge is -2.09. The Morgan fingerprint density at radius 2 is 1.80 bits per heavy atom. The highest BCUT2D eigenvalue weighted by atomic mass is 79.9. The molecular weight excluding hydrogens is 319 g/mol. The van der Waals surface area contributed by atoms with E-state index < -0.39 is 0 Å². The number of nitrogens with two attached hydrogens (primary N) is 1. The van der Waals surface area contributed by atoms with Crippen molar-refractivity contribution in [2.75, 3.05) is 0 Å². The molecule has 102 valence electrons. The van der Waals surface area contributed by atoms with Crippen LogP contribution in [0.2, 0.25) is 0 Å². The van der Waals surface area contributed by atoms with E-state index in [4.69, 9.17) is 5.73 Å². The van der Waals surface area contributed by atoms with Gasteiger partial charge in [0.05, 0.1) is 4.47 Å². The molecule has 2 aromatic carbocycles. The predicted molar refractivity (Wildman–Crippen MR) is 83.0 cm³/mol. The van der Waals surface area contributed by atoms with Gasteiger partial charge in [0.25, 0.3) is 0 Å². The SMILES string of the molecule is NCc1cccc2c1ccn2Cc1cccc(F)c1Br. The van der Waals surface area contributed by atoms with Crippen molar-refractivity contribution >= 4 is 26.8 Å². The zero-order valence-electron chi connectivity index (χ0n) is 10.8. The molecule has 0 aliphatic rings. The molecule has 0 spiro atoms. The summed E-state index contributed by atoms with van der Waals surface area (Å²) in [5.41, 5.74) is 8.91. The first-order valence-corrected chi connectivity index (χ1v) is 7.19. The second-order valence-electron chi connectivity index (χ2n) is 4.71. The summed E-state index contributed by atoms with van der Waals surface area (Å²) in [6.07, 6.45) is 2.02. The van der Waals surface area contributed by atoms with E-state index in [1.165, 1.54) is 6.07 Å². The number of hydrogen-bond acceptors (Lipinski definition) is 1. The summed E-state index contributed by atoms with van der Waals surface area (Å²) in [5.74, 6) is -0.235. The number of hydrogen-bond donors (Lipinski definition) is 1. The molecule has 0 radical (unpaired) electrons.